The lowest BCUT2D eigenvalue weighted by Gasteiger charge is -2.04. The second-order valence-corrected chi connectivity index (χ2v) is 3.40. The highest BCUT2D eigenvalue weighted by atomic mass is 16.3. The van der Waals surface area contributed by atoms with Gasteiger partial charge in [-0.05, 0) is 25.7 Å². The average Bonchev–Trinajstić information content (AvgIpc) is 2.03. The van der Waals surface area contributed by atoms with Gasteiger partial charge in [0.25, 0.3) is 0 Å². The third kappa shape index (κ3) is 7.63. The van der Waals surface area contributed by atoms with Crippen molar-refractivity contribution in [3.05, 3.63) is 0 Å². The second-order valence-electron chi connectivity index (χ2n) is 3.40. The van der Waals surface area contributed by atoms with E-state index in [0.29, 0.717) is 0 Å². The molecule has 0 saturated heterocycles. The quantitative estimate of drug-likeness (QED) is 0.505. The zero-order valence-corrected chi connectivity index (χ0v) is 8.43. The number of unbranched alkanes of at least 4 members (excludes halogenated alkanes) is 1. The summed E-state index contributed by atoms with van der Waals surface area (Å²) in [7, 11) is 0. The molecule has 0 aliphatic rings. The fourth-order valence-electron chi connectivity index (χ4n) is 0.963. The summed E-state index contributed by atoms with van der Waals surface area (Å²) in [4.78, 5) is 0. The van der Waals surface area contributed by atoms with Gasteiger partial charge in [0.05, 0.1) is 0 Å². The first-order valence-corrected chi connectivity index (χ1v) is 4.83. The molecule has 12 heavy (non-hydrogen) atoms. The number of hydrogen-bond donors (Lipinski definition) is 1. The van der Waals surface area contributed by atoms with Crippen LogP contribution in [0.15, 0.2) is 0 Å². The lowest BCUT2D eigenvalue weighted by molar-refractivity contribution is 0.253. The van der Waals surface area contributed by atoms with Crippen LogP contribution in [0.3, 0.4) is 0 Å². The maximum absolute atomic E-state index is 8.83. The summed E-state index contributed by atoms with van der Waals surface area (Å²) in [6.45, 7) is 6.18. The fraction of sp³-hybridized carbons (Fsp3) is 0.818. The Balaban J connectivity index is 3.28. The summed E-state index contributed by atoms with van der Waals surface area (Å²) >= 11 is 0. The van der Waals surface area contributed by atoms with Crippen LogP contribution >= 0.6 is 0 Å². The summed E-state index contributed by atoms with van der Waals surface area (Å²) in [5.74, 6) is 6.52. The summed E-state index contributed by atoms with van der Waals surface area (Å²) < 4.78 is 0. The van der Waals surface area contributed by atoms with E-state index in [1.165, 1.54) is 12.8 Å². The fourth-order valence-corrected chi connectivity index (χ4v) is 0.963. The molecule has 1 heteroatoms. The van der Waals surface area contributed by atoms with Gasteiger partial charge in [-0.15, -0.1) is 5.92 Å². The molecule has 2 atom stereocenters. The minimum atomic E-state index is -0.464. The smallest absolute Gasteiger partial charge is 0.111 e. The van der Waals surface area contributed by atoms with Crippen LogP contribution in [-0.4, -0.2) is 11.2 Å². The van der Waals surface area contributed by atoms with Crippen LogP contribution in [0.5, 0.6) is 0 Å². The molecule has 0 fully saturated rings. The van der Waals surface area contributed by atoms with Gasteiger partial charge in [0.15, 0.2) is 0 Å². The van der Waals surface area contributed by atoms with Crippen LogP contribution < -0.4 is 0 Å². The van der Waals surface area contributed by atoms with Crippen LogP contribution in [0.4, 0.5) is 0 Å². The Kier molecular flexibility index (Phi) is 6.90. The highest BCUT2D eigenvalue weighted by Crippen LogP contribution is 2.10. The molecular formula is C11H20O. The normalized spacial score (nSPS) is 14.7. The van der Waals surface area contributed by atoms with Crippen molar-refractivity contribution in [1.29, 1.82) is 0 Å². The second kappa shape index (κ2) is 7.18. The van der Waals surface area contributed by atoms with E-state index in [1.54, 1.807) is 6.92 Å². The maximum Gasteiger partial charge on any atom is 0.111 e. The molecule has 1 N–H and O–H groups in total. The Morgan fingerprint density at radius 3 is 2.50 bits per heavy atom. The van der Waals surface area contributed by atoms with Crippen molar-refractivity contribution in [2.24, 2.45) is 5.92 Å². The molecule has 0 aromatic rings. The van der Waals surface area contributed by atoms with Gasteiger partial charge in [-0.2, -0.15) is 0 Å². The predicted molar refractivity (Wildman–Crippen MR) is 52.8 cm³/mol. The van der Waals surface area contributed by atoms with Gasteiger partial charge in [0.2, 0.25) is 0 Å². The summed E-state index contributed by atoms with van der Waals surface area (Å²) in [5.41, 5.74) is 0. The molecule has 0 aromatic heterocycles. The molecule has 0 bridgehead atoms. The molecular weight excluding hydrogens is 148 g/mol. The number of aliphatic hydroxyl groups excluding tert-OH is 1. The third-order valence-electron chi connectivity index (χ3n) is 2.01. The van der Waals surface area contributed by atoms with Gasteiger partial charge in [0, 0.05) is 6.42 Å². The molecule has 0 aliphatic heterocycles. The molecule has 0 amide bonds. The van der Waals surface area contributed by atoms with Gasteiger partial charge < -0.3 is 5.11 Å². The number of aliphatic hydroxyl groups is 1. The Morgan fingerprint density at radius 2 is 2.00 bits per heavy atom. The summed E-state index contributed by atoms with van der Waals surface area (Å²) in [6.07, 6.45) is 4.13. The molecule has 0 heterocycles. The van der Waals surface area contributed by atoms with E-state index in [9.17, 15) is 0 Å². The minimum Gasteiger partial charge on any atom is -0.381 e. The lowest BCUT2D eigenvalue weighted by atomic mass is 10.0. The minimum absolute atomic E-state index is 0.464. The average molecular weight is 168 g/mol. The molecule has 0 aliphatic carbocycles. The van der Waals surface area contributed by atoms with Gasteiger partial charge in [0.1, 0.15) is 6.10 Å². The van der Waals surface area contributed by atoms with Crippen molar-refractivity contribution in [2.45, 2.75) is 52.6 Å². The van der Waals surface area contributed by atoms with Crippen LogP contribution in [0.1, 0.15) is 46.5 Å². The number of hydrogen-bond acceptors (Lipinski definition) is 1. The Bertz CT molecular complexity index is 150. The molecule has 2 unspecified atom stereocenters. The molecule has 0 aromatic carbocycles. The Labute approximate surface area is 76.2 Å². The van der Waals surface area contributed by atoms with Crippen molar-refractivity contribution in [2.75, 3.05) is 0 Å². The molecule has 0 spiro atoms. The van der Waals surface area contributed by atoms with E-state index in [0.717, 1.165) is 18.8 Å². The molecule has 70 valence electrons. The van der Waals surface area contributed by atoms with Gasteiger partial charge >= 0.3 is 0 Å². The summed E-state index contributed by atoms with van der Waals surface area (Å²) in [5, 5.41) is 8.83. The van der Waals surface area contributed by atoms with Gasteiger partial charge in [-0.3, -0.25) is 0 Å². The van der Waals surface area contributed by atoms with Gasteiger partial charge in [-0.1, -0.05) is 26.2 Å². The Hall–Kier alpha value is -0.480. The standard InChI is InChI=1S/C11H20O/c1-4-10(2)8-6-5-7-9-11(3)12/h10-12H,4-6,8H2,1-3H3. The topological polar surface area (TPSA) is 20.2 Å². The van der Waals surface area contributed by atoms with E-state index < -0.39 is 6.10 Å². The van der Waals surface area contributed by atoms with E-state index >= 15 is 0 Å². The molecule has 1 nitrogen and oxygen atoms in total. The van der Waals surface area contributed by atoms with Crippen LogP contribution in [0.25, 0.3) is 0 Å². The zero-order valence-electron chi connectivity index (χ0n) is 8.43. The van der Waals surface area contributed by atoms with E-state index in [2.05, 4.69) is 25.7 Å². The highest BCUT2D eigenvalue weighted by Gasteiger charge is 1.96. The largest absolute Gasteiger partial charge is 0.381 e. The molecule has 0 saturated carbocycles. The zero-order chi connectivity index (χ0) is 9.40. The van der Waals surface area contributed by atoms with Crippen LogP contribution in [0, 0.1) is 17.8 Å². The third-order valence-corrected chi connectivity index (χ3v) is 2.01. The highest BCUT2D eigenvalue weighted by molar-refractivity contribution is 5.02. The van der Waals surface area contributed by atoms with Crippen LogP contribution in [-0.2, 0) is 0 Å². The van der Waals surface area contributed by atoms with E-state index in [-0.39, 0.29) is 0 Å². The maximum atomic E-state index is 8.83. The predicted octanol–water partition coefficient (Wildman–Crippen LogP) is 2.59. The van der Waals surface area contributed by atoms with Crippen molar-refractivity contribution >= 4 is 0 Å². The first kappa shape index (κ1) is 11.5. The van der Waals surface area contributed by atoms with Crippen molar-refractivity contribution in [3.63, 3.8) is 0 Å². The number of rotatable bonds is 4. The first-order chi connectivity index (χ1) is 5.66. The van der Waals surface area contributed by atoms with E-state index in [1.807, 2.05) is 0 Å². The summed E-state index contributed by atoms with van der Waals surface area (Å²) in [6, 6.07) is 0. The Morgan fingerprint density at radius 1 is 1.33 bits per heavy atom. The van der Waals surface area contributed by atoms with Crippen molar-refractivity contribution < 1.29 is 5.11 Å². The first-order valence-electron chi connectivity index (χ1n) is 4.83. The lowest BCUT2D eigenvalue weighted by Crippen LogP contribution is -1.93. The van der Waals surface area contributed by atoms with E-state index in [4.69, 9.17) is 5.11 Å². The van der Waals surface area contributed by atoms with Crippen molar-refractivity contribution in [1.82, 2.24) is 0 Å². The van der Waals surface area contributed by atoms with Crippen LogP contribution in [0.2, 0.25) is 0 Å². The SMILES string of the molecule is CCC(C)CCCC#CC(C)O. The van der Waals surface area contributed by atoms with Gasteiger partial charge in [-0.25, -0.2) is 0 Å². The molecule has 0 rings (SSSR count). The molecule has 0 radical (unpaired) electrons. The van der Waals surface area contributed by atoms with Crippen molar-refractivity contribution in [3.8, 4) is 11.8 Å². The monoisotopic (exact) mass is 168 g/mol.